The molecule has 1 fully saturated rings. The zero-order chi connectivity index (χ0) is 15.2. The van der Waals surface area contributed by atoms with Gasteiger partial charge in [-0.2, -0.15) is 0 Å². The Labute approximate surface area is 130 Å². The molecule has 1 heterocycles. The third-order valence-corrected chi connectivity index (χ3v) is 4.26. The topological polar surface area (TPSA) is 49.4 Å². The third kappa shape index (κ3) is 4.29. The van der Waals surface area contributed by atoms with Crippen molar-refractivity contribution in [2.24, 2.45) is 0 Å². The van der Waals surface area contributed by atoms with Crippen LogP contribution in [0.2, 0.25) is 5.02 Å². The van der Waals surface area contributed by atoms with E-state index in [0.717, 1.165) is 37.7 Å². The van der Waals surface area contributed by atoms with Crippen molar-refractivity contribution in [1.29, 1.82) is 0 Å². The number of amides is 1. The van der Waals surface area contributed by atoms with Crippen LogP contribution in [0.1, 0.15) is 37.8 Å². The van der Waals surface area contributed by atoms with Crippen molar-refractivity contribution in [2.45, 2.75) is 38.3 Å². The Balaban J connectivity index is 1.92. The van der Waals surface area contributed by atoms with Crippen LogP contribution in [0.4, 0.5) is 0 Å². The summed E-state index contributed by atoms with van der Waals surface area (Å²) in [5, 5.41) is 3.60. The van der Waals surface area contributed by atoms with Gasteiger partial charge >= 0.3 is 0 Å². The molecule has 2 atom stereocenters. The molecule has 21 heavy (non-hydrogen) atoms. The second-order valence-corrected chi connectivity index (χ2v) is 5.89. The minimum absolute atomic E-state index is 0.0730. The van der Waals surface area contributed by atoms with Gasteiger partial charge in [0.2, 0.25) is 5.91 Å². The van der Waals surface area contributed by atoms with Crippen LogP contribution in [0.5, 0.6) is 0 Å². The van der Waals surface area contributed by atoms with E-state index >= 15 is 0 Å². The summed E-state index contributed by atoms with van der Waals surface area (Å²) >= 11 is 6.13. The molecule has 0 aromatic heterocycles. The average molecular weight is 309 g/mol. The highest BCUT2D eigenvalue weighted by Crippen LogP contribution is 2.22. The van der Waals surface area contributed by atoms with Crippen LogP contribution in [-0.4, -0.2) is 36.2 Å². The van der Waals surface area contributed by atoms with E-state index in [1.165, 1.54) is 0 Å². The predicted molar refractivity (Wildman–Crippen MR) is 83.3 cm³/mol. The van der Waals surface area contributed by atoms with E-state index in [4.69, 9.17) is 11.6 Å². The van der Waals surface area contributed by atoms with E-state index in [1.54, 1.807) is 0 Å². The molecule has 1 N–H and O–H groups in total. The van der Waals surface area contributed by atoms with Gasteiger partial charge in [0.1, 0.15) is 6.29 Å². The standard InChI is InChI=1S/C16H21ClN2O2/c1-12(14-7-2-3-8-15(14)17)18-16(21)10-19-9-5-4-6-13(19)11-20/h2-3,7-8,11-13H,4-6,9-10H2,1H3,(H,18,21). The summed E-state index contributed by atoms with van der Waals surface area (Å²) in [4.78, 5) is 25.2. The molecule has 2 unspecified atom stereocenters. The molecular weight excluding hydrogens is 288 g/mol. The Hall–Kier alpha value is -1.39. The summed E-state index contributed by atoms with van der Waals surface area (Å²) in [5.41, 5.74) is 0.901. The van der Waals surface area contributed by atoms with Gasteiger partial charge in [-0.25, -0.2) is 0 Å². The Kier molecular flexibility index (Phi) is 5.76. The number of benzene rings is 1. The van der Waals surface area contributed by atoms with E-state index in [-0.39, 0.29) is 24.5 Å². The molecule has 0 bridgehead atoms. The first-order chi connectivity index (χ1) is 10.1. The first-order valence-corrected chi connectivity index (χ1v) is 7.72. The number of nitrogens with one attached hydrogen (secondary N) is 1. The monoisotopic (exact) mass is 308 g/mol. The minimum Gasteiger partial charge on any atom is -0.348 e. The summed E-state index contributed by atoms with van der Waals surface area (Å²) in [7, 11) is 0. The summed E-state index contributed by atoms with van der Waals surface area (Å²) in [5.74, 6) is -0.0730. The van der Waals surface area contributed by atoms with Gasteiger partial charge in [0.05, 0.1) is 18.6 Å². The Morgan fingerprint density at radius 3 is 2.95 bits per heavy atom. The summed E-state index contributed by atoms with van der Waals surface area (Å²) < 4.78 is 0. The quantitative estimate of drug-likeness (QED) is 0.851. The van der Waals surface area contributed by atoms with Gasteiger partial charge in [0.15, 0.2) is 0 Å². The zero-order valence-corrected chi connectivity index (χ0v) is 13.0. The molecule has 0 spiro atoms. The van der Waals surface area contributed by atoms with E-state index in [1.807, 2.05) is 36.1 Å². The van der Waals surface area contributed by atoms with Crippen molar-refractivity contribution in [1.82, 2.24) is 10.2 Å². The lowest BCUT2D eigenvalue weighted by molar-refractivity contribution is -0.125. The second kappa shape index (κ2) is 7.57. The molecule has 1 aromatic carbocycles. The Bertz CT molecular complexity index is 507. The van der Waals surface area contributed by atoms with Gasteiger partial charge in [-0.1, -0.05) is 36.2 Å². The smallest absolute Gasteiger partial charge is 0.234 e. The molecule has 1 aliphatic heterocycles. The number of piperidine rings is 1. The molecule has 1 saturated heterocycles. The fourth-order valence-electron chi connectivity index (χ4n) is 2.74. The highest BCUT2D eigenvalue weighted by molar-refractivity contribution is 6.31. The summed E-state index contributed by atoms with van der Waals surface area (Å²) in [6, 6.07) is 7.21. The lowest BCUT2D eigenvalue weighted by Crippen LogP contribution is -2.46. The molecule has 0 saturated carbocycles. The van der Waals surface area contributed by atoms with Crippen molar-refractivity contribution in [3.63, 3.8) is 0 Å². The van der Waals surface area contributed by atoms with Crippen LogP contribution >= 0.6 is 11.6 Å². The lowest BCUT2D eigenvalue weighted by Gasteiger charge is -2.31. The number of hydrogen-bond acceptors (Lipinski definition) is 3. The molecule has 4 nitrogen and oxygen atoms in total. The van der Waals surface area contributed by atoms with E-state index < -0.39 is 0 Å². The molecule has 0 aliphatic carbocycles. The Morgan fingerprint density at radius 2 is 2.24 bits per heavy atom. The maximum Gasteiger partial charge on any atom is 0.234 e. The van der Waals surface area contributed by atoms with Crippen molar-refractivity contribution >= 4 is 23.8 Å². The van der Waals surface area contributed by atoms with Crippen LogP contribution in [0.3, 0.4) is 0 Å². The number of halogens is 1. The van der Waals surface area contributed by atoms with Gasteiger partial charge in [0, 0.05) is 5.02 Å². The van der Waals surface area contributed by atoms with E-state index in [2.05, 4.69) is 5.32 Å². The van der Waals surface area contributed by atoms with Crippen molar-refractivity contribution in [2.75, 3.05) is 13.1 Å². The van der Waals surface area contributed by atoms with E-state index in [9.17, 15) is 9.59 Å². The fourth-order valence-corrected chi connectivity index (χ4v) is 3.04. The number of carbonyl (C=O) groups is 2. The Morgan fingerprint density at radius 1 is 1.48 bits per heavy atom. The fraction of sp³-hybridized carbons (Fsp3) is 0.500. The average Bonchev–Trinajstić information content (AvgIpc) is 2.48. The first kappa shape index (κ1) is 16.0. The van der Waals surface area contributed by atoms with Crippen LogP contribution in [0.25, 0.3) is 0 Å². The number of aldehydes is 1. The SMILES string of the molecule is CC(NC(=O)CN1CCCCC1C=O)c1ccccc1Cl. The predicted octanol–water partition coefficient (Wildman–Crippen LogP) is 2.57. The normalized spacial score (nSPS) is 20.8. The molecule has 1 aliphatic rings. The summed E-state index contributed by atoms with van der Waals surface area (Å²) in [6.45, 7) is 2.97. The third-order valence-electron chi connectivity index (χ3n) is 3.92. The van der Waals surface area contributed by atoms with Crippen LogP contribution in [0, 0.1) is 0 Å². The van der Waals surface area contributed by atoms with Crippen LogP contribution < -0.4 is 5.32 Å². The molecule has 1 aromatic rings. The van der Waals surface area contributed by atoms with Crippen molar-refractivity contribution in [3.8, 4) is 0 Å². The van der Waals surface area contributed by atoms with Crippen LogP contribution in [0.15, 0.2) is 24.3 Å². The molecule has 1 amide bonds. The summed E-state index contributed by atoms with van der Waals surface area (Å²) in [6.07, 6.45) is 3.88. The van der Waals surface area contributed by atoms with Gasteiger partial charge in [-0.05, 0) is 37.9 Å². The van der Waals surface area contributed by atoms with Gasteiger partial charge in [-0.3, -0.25) is 9.69 Å². The maximum absolute atomic E-state index is 12.2. The lowest BCUT2D eigenvalue weighted by atomic mass is 10.0. The number of rotatable bonds is 5. The second-order valence-electron chi connectivity index (χ2n) is 5.48. The largest absolute Gasteiger partial charge is 0.348 e. The molecule has 114 valence electrons. The van der Waals surface area contributed by atoms with Crippen molar-refractivity contribution < 1.29 is 9.59 Å². The van der Waals surface area contributed by atoms with Gasteiger partial charge < -0.3 is 10.1 Å². The van der Waals surface area contributed by atoms with Crippen LogP contribution in [-0.2, 0) is 9.59 Å². The number of carbonyl (C=O) groups excluding carboxylic acids is 2. The highest BCUT2D eigenvalue weighted by atomic mass is 35.5. The van der Waals surface area contributed by atoms with E-state index in [0.29, 0.717) is 5.02 Å². The molecule has 0 radical (unpaired) electrons. The highest BCUT2D eigenvalue weighted by Gasteiger charge is 2.24. The van der Waals surface area contributed by atoms with Gasteiger partial charge in [0.25, 0.3) is 0 Å². The number of likely N-dealkylation sites (tertiary alicyclic amines) is 1. The maximum atomic E-state index is 12.2. The zero-order valence-electron chi connectivity index (χ0n) is 12.2. The first-order valence-electron chi connectivity index (χ1n) is 7.35. The molecule has 5 heteroatoms. The number of hydrogen-bond donors (Lipinski definition) is 1. The minimum atomic E-state index is -0.148. The molecular formula is C16H21ClN2O2. The van der Waals surface area contributed by atoms with Crippen molar-refractivity contribution in [3.05, 3.63) is 34.9 Å². The van der Waals surface area contributed by atoms with Gasteiger partial charge in [-0.15, -0.1) is 0 Å². The molecule has 2 rings (SSSR count). The number of nitrogens with zero attached hydrogens (tertiary/aromatic N) is 1.